The molecule has 1 aliphatic heterocycles. The second-order valence-corrected chi connectivity index (χ2v) is 9.90. The Morgan fingerprint density at radius 1 is 1.24 bits per heavy atom. The lowest BCUT2D eigenvalue weighted by molar-refractivity contribution is 0.0824. The molecule has 0 radical (unpaired) electrons. The van der Waals surface area contributed by atoms with E-state index >= 15 is 0 Å². The van der Waals surface area contributed by atoms with Gasteiger partial charge >= 0.3 is 0 Å². The minimum Gasteiger partial charge on any atom is -0.460 e. The zero-order chi connectivity index (χ0) is 26.3. The number of carbonyl (C=O) groups is 2. The van der Waals surface area contributed by atoms with Crippen molar-refractivity contribution in [2.24, 2.45) is 0 Å². The van der Waals surface area contributed by atoms with Crippen LogP contribution in [0.1, 0.15) is 58.2 Å². The molecule has 2 aliphatic rings. The van der Waals surface area contributed by atoms with Crippen LogP contribution in [0.15, 0.2) is 41.1 Å². The number of likely N-dealkylation sites (tertiary alicyclic amines) is 1. The van der Waals surface area contributed by atoms with Gasteiger partial charge in [-0.15, -0.1) is 0 Å². The van der Waals surface area contributed by atoms with Crippen molar-refractivity contribution in [2.45, 2.75) is 58.3 Å². The van der Waals surface area contributed by atoms with Crippen LogP contribution in [0.3, 0.4) is 0 Å². The first kappa shape index (κ1) is 25.0. The first-order valence-corrected chi connectivity index (χ1v) is 12.5. The summed E-state index contributed by atoms with van der Waals surface area (Å²) in [5.74, 6) is 1.18. The average Bonchev–Trinajstić information content (AvgIpc) is 3.40. The van der Waals surface area contributed by atoms with Gasteiger partial charge in [-0.1, -0.05) is 0 Å². The third-order valence-corrected chi connectivity index (χ3v) is 7.51. The number of rotatable bonds is 5. The molecule has 6 rings (SSSR count). The van der Waals surface area contributed by atoms with Gasteiger partial charge in [0.1, 0.15) is 28.8 Å². The van der Waals surface area contributed by atoms with Crippen LogP contribution < -0.4 is 10.1 Å². The summed E-state index contributed by atoms with van der Waals surface area (Å²) in [6.07, 6.45) is 5.56. The Morgan fingerprint density at radius 3 is 2.62 bits per heavy atom. The molecule has 3 aromatic heterocycles. The quantitative estimate of drug-likeness (QED) is 0.372. The average molecular weight is 507 g/mol. The van der Waals surface area contributed by atoms with Crippen LogP contribution in [-0.2, 0) is 0 Å². The summed E-state index contributed by atoms with van der Waals surface area (Å²) < 4.78 is 27.0. The van der Waals surface area contributed by atoms with Gasteiger partial charge in [0.15, 0.2) is 12.0 Å². The maximum absolute atomic E-state index is 13.5. The Hall–Kier alpha value is -3.72. The van der Waals surface area contributed by atoms with Gasteiger partial charge in [-0.3, -0.25) is 9.59 Å². The van der Waals surface area contributed by atoms with E-state index in [1.807, 2.05) is 6.92 Å². The highest BCUT2D eigenvalue weighted by molar-refractivity contribution is 6.07. The highest BCUT2D eigenvalue weighted by Gasteiger charge is 2.33. The lowest BCUT2D eigenvalue weighted by Gasteiger charge is -2.34. The van der Waals surface area contributed by atoms with Crippen molar-refractivity contribution >= 4 is 28.7 Å². The third kappa shape index (κ3) is 4.71. The van der Waals surface area contributed by atoms with E-state index in [0.29, 0.717) is 57.7 Å². The van der Waals surface area contributed by atoms with E-state index in [4.69, 9.17) is 9.15 Å². The highest BCUT2D eigenvalue weighted by atomic mass is 19.1. The van der Waals surface area contributed by atoms with Gasteiger partial charge in [0.2, 0.25) is 0 Å². The van der Waals surface area contributed by atoms with E-state index in [1.54, 1.807) is 48.1 Å². The Bertz CT molecular complexity index is 1470. The summed E-state index contributed by atoms with van der Waals surface area (Å²) in [6, 6.07) is 7.35. The maximum Gasteiger partial charge on any atom is 0.255 e. The van der Waals surface area contributed by atoms with Crippen LogP contribution in [0.4, 0.5) is 4.39 Å². The SMILES string of the molecule is CC1CCN1C.Cc1oc2cc(Oc3ccnn4cc(C=O)c(C)c34)ccc2c1C(=O)NC1CCC1F. The molecule has 4 aromatic rings. The number of nitrogens with zero attached hydrogens (tertiary/aromatic N) is 3. The minimum absolute atomic E-state index is 0.335. The maximum atomic E-state index is 13.5. The topological polar surface area (TPSA) is 89.1 Å². The molecular weight excluding hydrogens is 475 g/mol. The second-order valence-electron chi connectivity index (χ2n) is 9.90. The molecule has 3 unspecified atom stereocenters. The largest absolute Gasteiger partial charge is 0.460 e. The summed E-state index contributed by atoms with van der Waals surface area (Å²) >= 11 is 0. The molecular formula is C28H31FN4O4. The Labute approximate surface area is 214 Å². The van der Waals surface area contributed by atoms with Gasteiger partial charge in [0.25, 0.3) is 5.91 Å². The van der Waals surface area contributed by atoms with Crippen LogP contribution in [0.25, 0.3) is 16.5 Å². The van der Waals surface area contributed by atoms with Crippen molar-refractivity contribution < 1.29 is 23.1 Å². The third-order valence-electron chi connectivity index (χ3n) is 7.51. The van der Waals surface area contributed by atoms with Gasteiger partial charge in [-0.2, -0.15) is 5.10 Å². The molecule has 8 nitrogen and oxygen atoms in total. The van der Waals surface area contributed by atoms with Crippen molar-refractivity contribution in [3.05, 3.63) is 59.1 Å². The molecule has 2 fully saturated rings. The number of benzene rings is 1. The first-order chi connectivity index (χ1) is 17.8. The van der Waals surface area contributed by atoms with Crippen molar-refractivity contribution in [3.63, 3.8) is 0 Å². The Morgan fingerprint density at radius 2 is 2.03 bits per heavy atom. The lowest BCUT2D eigenvalue weighted by Crippen LogP contribution is -2.48. The van der Waals surface area contributed by atoms with E-state index < -0.39 is 12.2 Å². The molecule has 3 atom stereocenters. The Kier molecular flexibility index (Phi) is 6.72. The molecule has 37 heavy (non-hydrogen) atoms. The monoisotopic (exact) mass is 506 g/mol. The molecule has 4 heterocycles. The fraction of sp³-hybridized carbons (Fsp3) is 0.393. The van der Waals surface area contributed by atoms with E-state index in [-0.39, 0.29) is 5.91 Å². The summed E-state index contributed by atoms with van der Waals surface area (Å²) in [6.45, 7) is 7.10. The zero-order valence-electron chi connectivity index (χ0n) is 21.5. The second kappa shape index (κ2) is 9.97. The van der Waals surface area contributed by atoms with E-state index in [2.05, 4.69) is 29.3 Å². The van der Waals surface area contributed by atoms with Gasteiger partial charge in [0, 0.05) is 35.3 Å². The van der Waals surface area contributed by atoms with Crippen LogP contribution in [0.2, 0.25) is 0 Å². The number of alkyl halides is 1. The molecule has 1 aromatic carbocycles. The first-order valence-electron chi connectivity index (χ1n) is 12.5. The predicted octanol–water partition coefficient (Wildman–Crippen LogP) is 5.24. The van der Waals surface area contributed by atoms with Crippen molar-refractivity contribution in [2.75, 3.05) is 13.6 Å². The lowest BCUT2D eigenvalue weighted by atomic mass is 9.90. The molecule has 9 heteroatoms. The van der Waals surface area contributed by atoms with E-state index in [9.17, 15) is 14.0 Å². The molecule has 1 amide bonds. The molecule has 0 bridgehead atoms. The number of halogens is 1. The number of fused-ring (bicyclic) bond motifs is 2. The van der Waals surface area contributed by atoms with Crippen LogP contribution >= 0.6 is 0 Å². The van der Waals surface area contributed by atoms with Gasteiger partial charge in [-0.25, -0.2) is 8.91 Å². The smallest absolute Gasteiger partial charge is 0.255 e. The number of nitrogens with one attached hydrogen (secondary N) is 1. The number of hydrogen-bond donors (Lipinski definition) is 1. The Balaban J connectivity index is 0.000000412. The van der Waals surface area contributed by atoms with E-state index in [1.165, 1.54) is 13.0 Å². The summed E-state index contributed by atoms with van der Waals surface area (Å²) in [7, 11) is 2.16. The number of furan rings is 1. The molecule has 1 N–H and O–H groups in total. The summed E-state index contributed by atoms with van der Waals surface area (Å²) in [4.78, 5) is 26.3. The van der Waals surface area contributed by atoms with Crippen LogP contribution in [-0.4, -0.2) is 58.6 Å². The van der Waals surface area contributed by atoms with Crippen molar-refractivity contribution in [1.29, 1.82) is 0 Å². The predicted molar refractivity (Wildman–Crippen MR) is 138 cm³/mol. The van der Waals surface area contributed by atoms with Crippen LogP contribution in [0.5, 0.6) is 11.5 Å². The normalized spacial score (nSPS) is 21.1. The fourth-order valence-corrected chi connectivity index (χ4v) is 4.62. The highest BCUT2D eigenvalue weighted by Crippen LogP contribution is 2.34. The van der Waals surface area contributed by atoms with Gasteiger partial charge in [-0.05, 0) is 71.3 Å². The molecule has 1 saturated heterocycles. The van der Waals surface area contributed by atoms with Gasteiger partial charge in [0.05, 0.1) is 17.8 Å². The number of aldehydes is 1. The van der Waals surface area contributed by atoms with Crippen molar-refractivity contribution in [1.82, 2.24) is 19.8 Å². The zero-order valence-corrected chi connectivity index (χ0v) is 21.5. The molecule has 1 aliphatic carbocycles. The standard InChI is InChI=1S/C23H20FN3O4.C5H11N/c1-12-14(11-28)10-27-22(12)19(7-8-25-27)31-15-3-4-16-20(9-15)30-13(2)21(16)23(29)26-18-6-5-17(18)24;1-5-3-4-6(5)2/h3-4,7-11,17-18H,5-6H2,1-2H3,(H,26,29);5H,3-4H2,1-2H3. The van der Waals surface area contributed by atoms with E-state index in [0.717, 1.165) is 17.9 Å². The van der Waals surface area contributed by atoms with Crippen LogP contribution in [0, 0.1) is 13.8 Å². The molecule has 1 saturated carbocycles. The summed E-state index contributed by atoms with van der Waals surface area (Å²) in [5, 5.41) is 7.61. The molecule has 0 spiro atoms. The number of aryl methyl sites for hydroxylation is 2. The number of aromatic nitrogens is 2. The molecule has 194 valence electrons. The van der Waals surface area contributed by atoms with Crippen molar-refractivity contribution in [3.8, 4) is 11.5 Å². The van der Waals surface area contributed by atoms with Gasteiger partial charge < -0.3 is 19.4 Å². The minimum atomic E-state index is -0.989. The fourth-order valence-electron chi connectivity index (χ4n) is 4.62. The summed E-state index contributed by atoms with van der Waals surface area (Å²) in [5.41, 5.74) is 2.91. The number of amides is 1. The number of carbonyl (C=O) groups excluding carboxylic acids is 2. The number of hydrogen-bond acceptors (Lipinski definition) is 6. The number of ether oxygens (including phenoxy) is 1.